The van der Waals surface area contributed by atoms with E-state index in [-0.39, 0.29) is 5.92 Å². The largest absolute Gasteiger partial charge is 0.416 e. The topological polar surface area (TPSA) is 46.2 Å². The molecule has 0 radical (unpaired) electrons. The number of hydrogen-bond acceptors (Lipinski definition) is 2. The van der Waals surface area contributed by atoms with Crippen LogP contribution in [0.2, 0.25) is 0 Å². The molecule has 0 saturated carbocycles. The maximum atomic E-state index is 12.9. The number of imide groups is 1. The van der Waals surface area contributed by atoms with Crippen LogP contribution in [-0.4, -0.2) is 11.8 Å². The van der Waals surface area contributed by atoms with Crippen LogP contribution in [0.25, 0.3) is 5.57 Å². The molecular weight excluding hydrogens is 367 g/mol. The minimum Gasteiger partial charge on any atom is -0.288 e. The van der Waals surface area contributed by atoms with Gasteiger partial charge in [0.25, 0.3) is 11.8 Å². The summed E-state index contributed by atoms with van der Waals surface area (Å²) >= 11 is 0. The molecule has 0 aromatic heterocycles. The Labute approximate surface area is 163 Å². The summed E-state index contributed by atoms with van der Waals surface area (Å²) in [7, 11) is 0. The summed E-state index contributed by atoms with van der Waals surface area (Å²) < 4.78 is 38.6. The van der Waals surface area contributed by atoms with Crippen molar-refractivity contribution >= 4 is 17.4 Å². The lowest BCUT2D eigenvalue weighted by molar-refractivity contribution is -0.137. The van der Waals surface area contributed by atoms with Gasteiger partial charge in [0.15, 0.2) is 0 Å². The second-order valence-corrected chi connectivity index (χ2v) is 7.18. The maximum Gasteiger partial charge on any atom is 0.416 e. The molecule has 1 N–H and O–H groups in total. The number of hydrogen-bond donors (Lipinski definition) is 1. The first kappa shape index (κ1) is 21.7. The smallest absolute Gasteiger partial charge is 0.288 e. The summed E-state index contributed by atoms with van der Waals surface area (Å²) in [4.78, 5) is 24.6. The van der Waals surface area contributed by atoms with Gasteiger partial charge in [0.05, 0.1) is 5.56 Å². The van der Waals surface area contributed by atoms with Gasteiger partial charge in [0, 0.05) is 11.1 Å². The van der Waals surface area contributed by atoms with Crippen molar-refractivity contribution in [3.8, 4) is 0 Å². The van der Waals surface area contributed by atoms with Crippen LogP contribution in [-0.2, 0) is 15.8 Å². The molecule has 1 aromatic carbocycles. The highest BCUT2D eigenvalue weighted by Gasteiger charge is 2.31. The third-order valence-electron chi connectivity index (χ3n) is 4.97. The Kier molecular flexibility index (Phi) is 6.32. The summed E-state index contributed by atoms with van der Waals surface area (Å²) in [6, 6.07) is 4.92. The number of halogens is 3. The number of carbonyl (C=O) groups excluding carboxylic acids is 2. The molecule has 1 aromatic rings. The van der Waals surface area contributed by atoms with E-state index in [9.17, 15) is 22.8 Å². The SMILES string of the molecule is CCC(C)/C(=C\C1=C(C)C(=C(C)C)C(=O)NC1=O)c1ccc(C(F)(F)F)cc1. The summed E-state index contributed by atoms with van der Waals surface area (Å²) in [5.74, 6) is -0.919. The molecule has 0 spiro atoms. The molecule has 28 heavy (non-hydrogen) atoms. The van der Waals surface area contributed by atoms with E-state index in [1.165, 1.54) is 12.1 Å². The van der Waals surface area contributed by atoms with Gasteiger partial charge >= 0.3 is 6.18 Å². The van der Waals surface area contributed by atoms with Crippen LogP contribution in [0.5, 0.6) is 0 Å². The van der Waals surface area contributed by atoms with Crippen LogP contribution < -0.4 is 5.32 Å². The Bertz CT molecular complexity index is 883. The van der Waals surface area contributed by atoms with Crippen molar-refractivity contribution in [3.05, 3.63) is 63.8 Å². The zero-order chi connectivity index (χ0) is 21.2. The van der Waals surface area contributed by atoms with Gasteiger partial charge in [0.1, 0.15) is 0 Å². The molecule has 0 bridgehead atoms. The standard InChI is InChI=1S/C22H24F3NO2/c1-6-13(4)17(15-7-9-16(10-8-15)22(23,24)25)11-18-14(5)19(12(2)3)21(28)26-20(18)27/h7-11,13H,6H2,1-5H3,(H,26,27,28)/b17-11+. The molecule has 0 saturated heterocycles. The highest BCUT2D eigenvalue weighted by atomic mass is 19.4. The highest BCUT2D eigenvalue weighted by Crippen LogP contribution is 2.34. The third-order valence-corrected chi connectivity index (χ3v) is 4.97. The van der Waals surface area contributed by atoms with Crippen LogP contribution in [0.4, 0.5) is 13.2 Å². The van der Waals surface area contributed by atoms with E-state index in [0.29, 0.717) is 22.3 Å². The fourth-order valence-corrected chi connectivity index (χ4v) is 3.22. The van der Waals surface area contributed by atoms with Gasteiger partial charge in [-0.05, 0) is 68.0 Å². The normalized spacial score (nSPS) is 17.0. The second-order valence-electron chi connectivity index (χ2n) is 7.18. The van der Waals surface area contributed by atoms with E-state index >= 15 is 0 Å². The maximum absolute atomic E-state index is 12.9. The average molecular weight is 391 g/mol. The van der Waals surface area contributed by atoms with Gasteiger partial charge < -0.3 is 0 Å². The lowest BCUT2D eigenvalue weighted by Crippen LogP contribution is -2.38. The number of alkyl halides is 3. The summed E-state index contributed by atoms with van der Waals surface area (Å²) in [5.41, 5.74) is 2.82. The molecule has 0 aliphatic carbocycles. The van der Waals surface area contributed by atoms with Crippen LogP contribution in [0.1, 0.15) is 52.2 Å². The predicted octanol–water partition coefficient (Wildman–Crippen LogP) is 5.44. The number of rotatable bonds is 4. The van der Waals surface area contributed by atoms with Crippen molar-refractivity contribution < 1.29 is 22.8 Å². The van der Waals surface area contributed by atoms with Crippen molar-refractivity contribution in [1.82, 2.24) is 5.32 Å². The van der Waals surface area contributed by atoms with Gasteiger partial charge in [-0.3, -0.25) is 14.9 Å². The summed E-state index contributed by atoms with van der Waals surface area (Å²) in [6.07, 6.45) is -1.97. The monoisotopic (exact) mass is 391 g/mol. The molecule has 2 rings (SSSR count). The molecular formula is C22H24F3NO2. The van der Waals surface area contributed by atoms with Crippen molar-refractivity contribution in [1.29, 1.82) is 0 Å². The van der Waals surface area contributed by atoms with E-state index in [4.69, 9.17) is 0 Å². The number of allylic oxidation sites excluding steroid dienone is 2. The average Bonchev–Trinajstić information content (AvgIpc) is 2.60. The fourth-order valence-electron chi connectivity index (χ4n) is 3.22. The molecule has 1 aliphatic rings. The number of nitrogens with one attached hydrogen (secondary N) is 1. The first-order valence-electron chi connectivity index (χ1n) is 9.11. The lowest BCUT2D eigenvalue weighted by Gasteiger charge is -2.22. The minimum absolute atomic E-state index is 0.0117. The van der Waals surface area contributed by atoms with Gasteiger partial charge in [-0.25, -0.2) is 0 Å². The van der Waals surface area contributed by atoms with Crippen molar-refractivity contribution in [2.24, 2.45) is 5.92 Å². The highest BCUT2D eigenvalue weighted by molar-refractivity contribution is 6.18. The summed E-state index contributed by atoms with van der Waals surface area (Å²) in [5, 5.41) is 2.35. The molecule has 3 nitrogen and oxygen atoms in total. The summed E-state index contributed by atoms with van der Waals surface area (Å²) in [6.45, 7) is 9.22. The van der Waals surface area contributed by atoms with Crippen molar-refractivity contribution in [2.75, 3.05) is 0 Å². The first-order valence-corrected chi connectivity index (χ1v) is 9.11. The molecule has 1 atom stereocenters. The number of amides is 2. The Hall–Kier alpha value is -2.63. The van der Waals surface area contributed by atoms with Gasteiger partial charge in [-0.1, -0.05) is 31.6 Å². The van der Waals surface area contributed by atoms with Gasteiger partial charge in [-0.2, -0.15) is 13.2 Å². The Morgan fingerprint density at radius 1 is 1.11 bits per heavy atom. The van der Waals surface area contributed by atoms with Crippen LogP contribution in [0, 0.1) is 5.92 Å². The quantitative estimate of drug-likeness (QED) is 0.548. The molecule has 6 heteroatoms. The Morgan fingerprint density at radius 3 is 2.14 bits per heavy atom. The zero-order valence-corrected chi connectivity index (χ0v) is 16.6. The van der Waals surface area contributed by atoms with Crippen LogP contribution in [0.3, 0.4) is 0 Å². The van der Waals surface area contributed by atoms with E-state index in [0.717, 1.165) is 29.7 Å². The van der Waals surface area contributed by atoms with Gasteiger partial charge in [-0.15, -0.1) is 0 Å². The van der Waals surface area contributed by atoms with Crippen molar-refractivity contribution in [2.45, 2.75) is 47.2 Å². The van der Waals surface area contributed by atoms with Crippen molar-refractivity contribution in [3.63, 3.8) is 0 Å². The van der Waals surface area contributed by atoms with E-state index in [2.05, 4.69) is 5.32 Å². The molecule has 1 unspecified atom stereocenters. The molecule has 150 valence electrons. The number of benzene rings is 1. The zero-order valence-electron chi connectivity index (χ0n) is 16.6. The Balaban J connectivity index is 2.63. The molecule has 2 amide bonds. The predicted molar refractivity (Wildman–Crippen MR) is 103 cm³/mol. The minimum atomic E-state index is -4.40. The second kappa shape index (κ2) is 8.17. The molecule has 1 aliphatic heterocycles. The first-order chi connectivity index (χ1) is 13.0. The van der Waals surface area contributed by atoms with E-state index in [1.54, 1.807) is 26.8 Å². The van der Waals surface area contributed by atoms with E-state index in [1.807, 2.05) is 13.8 Å². The number of carbonyl (C=O) groups is 2. The fraction of sp³-hybridized carbons (Fsp3) is 0.364. The van der Waals surface area contributed by atoms with Crippen LogP contribution >= 0.6 is 0 Å². The molecule has 0 fully saturated rings. The Morgan fingerprint density at radius 2 is 1.68 bits per heavy atom. The van der Waals surface area contributed by atoms with Crippen LogP contribution in [0.15, 0.2) is 52.6 Å². The van der Waals surface area contributed by atoms with Gasteiger partial charge in [0.2, 0.25) is 0 Å². The lowest BCUT2D eigenvalue weighted by atomic mass is 9.86. The van der Waals surface area contributed by atoms with E-state index < -0.39 is 23.6 Å². The molecule has 1 heterocycles. The third kappa shape index (κ3) is 4.43.